The molecule has 18 heavy (non-hydrogen) atoms. The quantitative estimate of drug-likeness (QED) is 0.886. The summed E-state index contributed by atoms with van der Waals surface area (Å²) in [6.07, 6.45) is 3.27. The molecule has 1 aliphatic heterocycles. The molecular weight excluding hydrogens is 224 g/mol. The van der Waals surface area contributed by atoms with E-state index < -0.39 is 5.41 Å². The molecule has 3 heteroatoms. The number of nitrogens with two attached hydrogens (primary N) is 1. The van der Waals surface area contributed by atoms with Gasteiger partial charge >= 0.3 is 0 Å². The number of carbonyl (C=O) groups is 1. The summed E-state index contributed by atoms with van der Waals surface area (Å²) in [6, 6.07) is 8.52. The first kappa shape index (κ1) is 12.9. The summed E-state index contributed by atoms with van der Waals surface area (Å²) < 4.78 is 0. The van der Waals surface area contributed by atoms with E-state index in [1.54, 1.807) is 0 Å². The Kier molecular flexibility index (Phi) is 3.60. The highest BCUT2D eigenvalue weighted by atomic mass is 16.1. The van der Waals surface area contributed by atoms with E-state index >= 15 is 0 Å². The van der Waals surface area contributed by atoms with E-state index in [1.807, 2.05) is 13.8 Å². The molecule has 0 aliphatic carbocycles. The van der Waals surface area contributed by atoms with Crippen molar-refractivity contribution in [2.75, 3.05) is 18.0 Å². The van der Waals surface area contributed by atoms with Gasteiger partial charge in [0.15, 0.2) is 0 Å². The summed E-state index contributed by atoms with van der Waals surface area (Å²) >= 11 is 0. The molecule has 1 fully saturated rings. The molecule has 3 nitrogen and oxygen atoms in total. The summed E-state index contributed by atoms with van der Waals surface area (Å²) in [4.78, 5) is 13.7. The van der Waals surface area contributed by atoms with E-state index in [4.69, 9.17) is 5.73 Å². The largest absolute Gasteiger partial charge is 0.372 e. The number of nitrogens with zero attached hydrogens (tertiary/aromatic N) is 1. The van der Waals surface area contributed by atoms with Crippen LogP contribution in [0.15, 0.2) is 24.3 Å². The second kappa shape index (κ2) is 5.01. The third-order valence-corrected chi connectivity index (χ3v) is 3.72. The zero-order valence-electron chi connectivity index (χ0n) is 11.3. The van der Waals surface area contributed by atoms with Crippen LogP contribution in [0.5, 0.6) is 0 Å². The average Bonchev–Trinajstić information content (AvgIpc) is 2.83. The number of benzene rings is 1. The molecule has 0 aromatic heterocycles. The lowest BCUT2D eigenvalue weighted by molar-refractivity contribution is -0.125. The van der Waals surface area contributed by atoms with Crippen molar-refractivity contribution in [1.29, 1.82) is 0 Å². The molecule has 0 saturated carbocycles. The lowest BCUT2D eigenvalue weighted by Gasteiger charge is -2.21. The van der Waals surface area contributed by atoms with Crippen LogP contribution in [0.1, 0.15) is 32.3 Å². The van der Waals surface area contributed by atoms with Crippen molar-refractivity contribution < 1.29 is 4.79 Å². The van der Waals surface area contributed by atoms with E-state index in [0.717, 1.165) is 13.1 Å². The van der Waals surface area contributed by atoms with Crippen LogP contribution in [-0.2, 0) is 11.2 Å². The Bertz CT molecular complexity index is 417. The van der Waals surface area contributed by atoms with E-state index in [-0.39, 0.29) is 5.91 Å². The maximum atomic E-state index is 11.3. The van der Waals surface area contributed by atoms with Crippen LogP contribution in [0.25, 0.3) is 0 Å². The third-order valence-electron chi connectivity index (χ3n) is 3.72. The van der Waals surface area contributed by atoms with Gasteiger partial charge in [-0.15, -0.1) is 0 Å². The van der Waals surface area contributed by atoms with E-state index in [1.165, 1.54) is 24.1 Å². The van der Waals surface area contributed by atoms with Crippen LogP contribution in [0.2, 0.25) is 0 Å². The van der Waals surface area contributed by atoms with Crippen molar-refractivity contribution in [3.05, 3.63) is 29.8 Å². The Morgan fingerprint density at radius 3 is 2.28 bits per heavy atom. The van der Waals surface area contributed by atoms with Crippen LogP contribution in [0, 0.1) is 5.41 Å². The standard InChI is InChI=1S/C15H22N2O/c1-15(2,14(16)18)11-12-5-7-13(8-6-12)17-9-3-4-10-17/h5-8H,3-4,9-11H2,1-2H3,(H2,16,18). The highest BCUT2D eigenvalue weighted by Gasteiger charge is 2.25. The van der Waals surface area contributed by atoms with Crippen molar-refractivity contribution >= 4 is 11.6 Å². The molecule has 0 spiro atoms. The first-order chi connectivity index (χ1) is 8.49. The second-order valence-electron chi connectivity index (χ2n) is 5.79. The van der Waals surface area contributed by atoms with Crippen LogP contribution in [0.4, 0.5) is 5.69 Å². The summed E-state index contributed by atoms with van der Waals surface area (Å²) in [7, 11) is 0. The zero-order valence-corrected chi connectivity index (χ0v) is 11.3. The first-order valence-electron chi connectivity index (χ1n) is 6.63. The molecule has 1 amide bonds. The van der Waals surface area contributed by atoms with Gasteiger partial charge < -0.3 is 10.6 Å². The molecule has 1 aromatic rings. The van der Waals surface area contributed by atoms with Crippen molar-refractivity contribution in [2.24, 2.45) is 11.1 Å². The smallest absolute Gasteiger partial charge is 0.223 e. The Labute approximate surface area is 109 Å². The molecule has 1 aliphatic rings. The lowest BCUT2D eigenvalue weighted by atomic mass is 9.85. The van der Waals surface area contributed by atoms with Crippen LogP contribution in [-0.4, -0.2) is 19.0 Å². The molecule has 0 atom stereocenters. The minimum atomic E-state index is -0.477. The molecule has 2 rings (SSSR count). The van der Waals surface area contributed by atoms with Gasteiger partial charge in [0.05, 0.1) is 0 Å². The van der Waals surface area contributed by atoms with Crippen molar-refractivity contribution in [3.8, 4) is 0 Å². The summed E-state index contributed by atoms with van der Waals surface area (Å²) in [6.45, 7) is 6.10. The minimum absolute atomic E-state index is 0.244. The molecule has 1 saturated heterocycles. The number of carbonyl (C=O) groups excluding carboxylic acids is 1. The molecule has 1 heterocycles. The maximum absolute atomic E-state index is 11.3. The normalized spacial score (nSPS) is 16.0. The maximum Gasteiger partial charge on any atom is 0.223 e. The molecule has 2 N–H and O–H groups in total. The number of hydrogen-bond donors (Lipinski definition) is 1. The fourth-order valence-corrected chi connectivity index (χ4v) is 2.40. The summed E-state index contributed by atoms with van der Waals surface area (Å²) in [5.41, 5.74) is 7.38. The molecule has 1 aromatic carbocycles. The third kappa shape index (κ3) is 2.84. The van der Waals surface area contributed by atoms with Crippen molar-refractivity contribution in [3.63, 3.8) is 0 Å². The van der Waals surface area contributed by atoms with E-state index in [0.29, 0.717) is 6.42 Å². The highest BCUT2D eigenvalue weighted by Crippen LogP contribution is 2.24. The zero-order chi connectivity index (χ0) is 13.2. The molecule has 98 valence electrons. The second-order valence-corrected chi connectivity index (χ2v) is 5.79. The molecule has 0 radical (unpaired) electrons. The SMILES string of the molecule is CC(C)(Cc1ccc(N2CCCC2)cc1)C(N)=O. The fourth-order valence-electron chi connectivity index (χ4n) is 2.40. The van der Waals surface area contributed by atoms with Gasteiger partial charge in [-0.3, -0.25) is 4.79 Å². The monoisotopic (exact) mass is 246 g/mol. The van der Waals surface area contributed by atoms with Gasteiger partial charge in [-0.1, -0.05) is 26.0 Å². The lowest BCUT2D eigenvalue weighted by Crippen LogP contribution is -2.33. The molecular formula is C15H22N2O. The molecule has 0 unspecified atom stereocenters. The van der Waals surface area contributed by atoms with Gasteiger partial charge in [0, 0.05) is 24.2 Å². The highest BCUT2D eigenvalue weighted by molar-refractivity contribution is 5.80. The van der Waals surface area contributed by atoms with Gasteiger partial charge in [0.25, 0.3) is 0 Å². The van der Waals surface area contributed by atoms with Gasteiger partial charge in [0.1, 0.15) is 0 Å². The summed E-state index contributed by atoms with van der Waals surface area (Å²) in [5, 5.41) is 0. The Morgan fingerprint density at radius 2 is 1.78 bits per heavy atom. The van der Waals surface area contributed by atoms with E-state index in [9.17, 15) is 4.79 Å². The van der Waals surface area contributed by atoms with Crippen molar-refractivity contribution in [1.82, 2.24) is 0 Å². The number of anilines is 1. The van der Waals surface area contributed by atoms with Gasteiger partial charge in [-0.2, -0.15) is 0 Å². The Morgan fingerprint density at radius 1 is 1.22 bits per heavy atom. The first-order valence-corrected chi connectivity index (χ1v) is 6.63. The Balaban J connectivity index is 2.05. The van der Waals surface area contributed by atoms with Gasteiger partial charge in [0.2, 0.25) is 5.91 Å². The number of primary amides is 1. The number of hydrogen-bond acceptors (Lipinski definition) is 2. The summed E-state index contributed by atoms with van der Waals surface area (Å²) in [5.74, 6) is -0.244. The number of amides is 1. The Hall–Kier alpha value is -1.51. The predicted octanol–water partition coefficient (Wildman–Crippen LogP) is 2.34. The van der Waals surface area contributed by atoms with E-state index in [2.05, 4.69) is 29.2 Å². The predicted molar refractivity (Wildman–Crippen MR) is 74.6 cm³/mol. The van der Waals surface area contributed by atoms with Gasteiger partial charge in [-0.25, -0.2) is 0 Å². The molecule has 0 bridgehead atoms. The average molecular weight is 246 g/mol. The van der Waals surface area contributed by atoms with Crippen molar-refractivity contribution in [2.45, 2.75) is 33.1 Å². The van der Waals surface area contributed by atoms with Crippen LogP contribution < -0.4 is 10.6 Å². The van der Waals surface area contributed by atoms with Gasteiger partial charge in [-0.05, 0) is 37.0 Å². The van der Waals surface area contributed by atoms with Crippen LogP contribution in [0.3, 0.4) is 0 Å². The topological polar surface area (TPSA) is 46.3 Å². The van der Waals surface area contributed by atoms with Crippen LogP contribution >= 0.6 is 0 Å². The fraction of sp³-hybridized carbons (Fsp3) is 0.533. The number of rotatable bonds is 4. The minimum Gasteiger partial charge on any atom is -0.372 e.